The highest BCUT2D eigenvalue weighted by Gasteiger charge is 2.41. The number of allylic oxidation sites excluding steroid dienone is 1. The number of carboxylic acids is 1. The van der Waals surface area contributed by atoms with Crippen LogP contribution < -0.4 is 5.32 Å². The molecule has 3 unspecified atom stereocenters. The molecule has 0 saturated heterocycles. The van der Waals surface area contributed by atoms with Crippen LogP contribution in [0, 0.1) is 5.92 Å². The van der Waals surface area contributed by atoms with E-state index >= 15 is 0 Å². The maximum absolute atomic E-state index is 13.8. The van der Waals surface area contributed by atoms with E-state index in [1.165, 1.54) is 12.2 Å². The summed E-state index contributed by atoms with van der Waals surface area (Å²) in [4.78, 5) is 11.0. The Kier molecular flexibility index (Phi) is 7.46. The highest BCUT2D eigenvalue weighted by atomic mass is 19.4. The van der Waals surface area contributed by atoms with E-state index < -0.39 is 47.4 Å². The summed E-state index contributed by atoms with van der Waals surface area (Å²) in [6, 6.07) is 3.40. The minimum Gasteiger partial charge on any atom is -0.478 e. The number of aliphatic carboxylic acids is 1. The Morgan fingerprint density at radius 3 is 2.29 bits per heavy atom. The van der Waals surface area contributed by atoms with Crippen molar-refractivity contribution in [3.8, 4) is 0 Å². The Bertz CT molecular complexity index is 1130. The molecule has 0 radical (unpaired) electrons. The summed E-state index contributed by atoms with van der Waals surface area (Å²) in [5.41, 5.74) is -2.35. The number of aromatic nitrogens is 2. The molecule has 190 valence electrons. The maximum Gasteiger partial charge on any atom is 0.433 e. The van der Waals surface area contributed by atoms with Gasteiger partial charge in [0, 0.05) is 25.1 Å². The molecule has 6 nitrogen and oxygen atoms in total. The third-order valence-corrected chi connectivity index (χ3v) is 5.80. The molecule has 0 aliphatic heterocycles. The van der Waals surface area contributed by atoms with Crippen LogP contribution in [-0.4, -0.2) is 32.0 Å². The molecule has 0 fully saturated rings. The molecule has 2 aromatic rings. The van der Waals surface area contributed by atoms with Gasteiger partial charge in [-0.3, -0.25) is 10.00 Å². The largest absolute Gasteiger partial charge is 0.478 e. The molecule has 35 heavy (non-hydrogen) atoms. The van der Waals surface area contributed by atoms with Gasteiger partial charge in [0.2, 0.25) is 0 Å². The number of carboxylic acid groups (broad SMARTS) is 1. The number of halogens is 6. The van der Waals surface area contributed by atoms with Crippen LogP contribution in [0.3, 0.4) is 0 Å². The van der Waals surface area contributed by atoms with Gasteiger partial charge < -0.3 is 10.2 Å². The summed E-state index contributed by atoms with van der Waals surface area (Å²) in [5.74, 6) is -1.39. The molecule has 3 N–H and O–H groups in total. The maximum atomic E-state index is 13.8. The van der Waals surface area contributed by atoms with Gasteiger partial charge in [-0.05, 0) is 37.0 Å². The summed E-state index contributed by atoms with van der Waals surface area (Å²) in [6.07, 6.45) is -6.66. The molecule has 0 bridgehead atoms. The lowest BCUT2D eigenvalue weighted by molar-refractivity contribution is -0.145. The van der Waals surface area contributed by atoms with E-state index in [9.17, 15) is 36.2 Å². The van der Waals surface area contributed by atoms with E-state index in [0.29, 0.717) is 11.1 Å². The first-order chi connectivity index (χ1) is 16.2. The van der Waals surface area contributed by atoms with Crippen molar-refractivity contribution in [2.24, 2.45) is 13.0 Å². The molecular formula is C23H23F6N3O3. The predicted molar refractivity (Wildman–Crippen MR) is 113 cm³/mol. The average molecular weight is 503 g/mol. The molecule has 3 atom stereocenters. The Balaban J connectivity index is 1.87. The van der Waals surface area contributed by atoms with Crippen LogP contribution in [0.4, 0.5) is 26.3 Å². The molecular weight excluding hydrogens is 480 g/mol. The number of hydrogen-bond donors (Lipinski definition) is 3. The van der Waals surface area contributed by atoms with Gasteiger partial charge in [-0.2, -0.15) is 31.4 Å². The van der Waals surface area contributed by atoms with Crippen LogP contribution in [-0.2, 0) is 30.6 Å². The number of rotatable bonds is 7. The third-order valence-electron chi connectivity index (χ3n) is 5.80. The molecule has 1 aliphatic carbocycles. The second kappa shape index (κ2) is 9.86. The topological polar surface area (TPSA) is 87.4 Å². The molecule has 3 rings (SSSR count). The number of aliphatic hydroxyl groups excluding tert-OH is 1. The molecule has 1 heterocycles. The van der Waals surface area contributed by atoms with Gasteiger partial charge in [0.1, 0.15) is 11.9 Å². The molecule has 1 aromatic heterocycles. The molecule has 1 aliphatic rings. The van der Waals surface area contributed by atoms with Crippen molar-refractivity contribution >= 4 is 5.97 Å². The number of nitrogens with one attached hydrogen (secondary N) is 1. The van der Waals surface area contributed by atoms with Crippen molar-refractivity contribution in [3.05, 3.63) is 76.1 Å². The number of carbonyl (C=O) groups is 1. The summed E-state index contributed by atoms with van der Waals surface area (Å²) < 4.78 is 80.5. The lowest BCUT2D eigenvalue weighted by Gasteiger charge is -2.27. The zero-order chi connectivity index (χ0) is 26.1. The Morgan fingerprint density at radius 1 is 1.17 bits per heavy atom. The number of benzene rings is 1. The predicted octanol–water partition coefficient (Wildman–Crippen LogP) is 4.60. The molecule has 0 spiro atoms. The van der Waals surface area contributed by atoms with Crippen molar-refractivity contribution in [3.63, 3.8) is 0 Å². The number of aliphatic hydroxyl groups is 1. The number of hydrogen-bond acceptors (Lipinski definition) is 4. The number of aryl methyl sites for hydroxylation is 1. The van der Waals surface area contributed by atoms with E-state index in [2.05, 4.69) is 10.4 Å². The minimum atomic E-state index is -4.86. The van der Waals surface area contributed by atoms with Crippen LogP contribution in [0.15, 0.2) is 48.1 Å². The van der Waals surface area contributed by atoms with Gasteiger partial charge >= 0.3 is 18.3 Å². The lowest BCUT2D eigenvalue weighted by Crippen LogP contribution is -2.37. The van der Waals surface area contributed by atoms with Gasteiger partial charge in [0.05, 0.1) is 16.8 Å². The quantitative estimate of drug-likeness (QED) is 0.380. The van der Waals surface area contributed by atoms with Crippen molar-refractivity contribution < 1.29 is 41.4 Å². The van der Waals surface area contributed by atoms with Crippen LogP contribution in [0.2, 0.25) is 0 Å². The smallest absolute Gasteiger partial charge is 0.433 e. The highest BCUT2D eigenvalue weighted by Crippen LogP contribution is 2.37. The molecule has 1 aromatic carbocycles. The molecule has 0 amide bonds. The van der Waals surface area contributed by atoms with Gasteiger partial charge in [0.15, 0.2) is 0 Å². The molecule has 0 saturated carbocycles. The van der Waals surface area contributed by atoms with E-state index in [1.54, 1.807) is 13.0 Å². The third kappa shape index (κ3) is 6.12. The number of nitrogens with zero attached hydrogens (tertiary/aromatic N) is 2. The second-order valence-corrected chi connectivity index (χ2v) is 8.28. The normalized spacial score (nSPS) is 18.3. The van der Waals surface area contributed by atoms with Gasteiger partial charge in [-0.1, -0.05) is 30.4 Å². The van der Waals surface area contributed by atoms with Crippen molar-refractivity contribution in [2.45, 2.75) is 44.4 Å². The van der Waals surface area contributed by atoms with E-state index in [-0.39, 0.29) is 29.2 Å². The first-order valence-corrected chi connectivity index (χ1v) is 10.5. The fourth-order valence-electron chi connectivity index (χ4n) is 3.98. The summed E-state index contributed by atoms with van der Waals surface area (Å²) in [7, 11) is 1.07. The fraction of sp³-hybridized carbons (Fsp3) is 0.391. The second-order valence-electron chi connectivity index (χ2n) is 8.28. The van der Waals surface area contributed by atoms with Crippen molar-refractivity contribution in [1.29, 1.82) is 0 Å². The van der Waals surface area contributed by atoms with Crippen molar-refractivity contribution in [2.75, 3.05) is 0 Å². The lowest BCUT2D eigenvalue weighted by atomic mass is 9.90. The Morgan fingerprint density at radius 2 is 1.80 bits per heavy atom. The average Bonchev–Trinajstić information content (AvgIpc) is 3.09. The standard InChI is InChI=1S/C23H23F6N3O3/c1-12(14-5-7-15(8-6-14)21(34)35)30-20(33)18-17(31-32(2)19(18)23(27,28)29)11-13-3-9-16(10-4-13)22(24,25)26/h3-5,7-10,12,14,20,30,33H,6,11H2,1-2H3,(H,34,35). The van der Waals surface area contributed by atoms with Crippen LogP contribution in [0.25, 0.3) is 0 Å². The fourth-order valence-corrected chi connectivity index (χ4v) is 3.98. The first-order valence-electron chi connectivity index (χ1n) is 10.5. The minimum absolute atomic E-state index is 0.0967. The van der Waals surface area contributed by atoms with Gasteiger partial charge in [0.25, 0.3) is 0 Å². The molecule has 12 heteroatoms. The SMILES string of the molecule is CC(NC(O)c1c(Cc2ccc(C(F)(F)F)cc2)nn(C)c1C(F)(F)F)C1C=CC(C(=O)O)=CC1. The Labute approximate surface area is 196 Å². The highest BCUT2D eigenvalue weighted by molar-refractivity contribution is 5.90. The van der Waals surface area contributed by atoms with Crippen LogP contribution in [0.5, 0.6) is 0 Å². The van der Waals surface area contributed by atoms with Gasteiger partial charge in [-0.25, -0.2) is 4.79 Å². The van der Waals surface area contributed by atoms with Gasteiger partial charge in [-0.15, -0.1) is 0 Å². The van der Waals surface area contributed by atoms with E-state index in [0.717, 1.165) is 31.3 Å². The van der Waals surface area contributed by atoms with E-state index in [4.69, 9.17) is 5.11 Å². The summed E-state index contributed by atoms with van der Waals surface area (Å²) >= 11 is 0. The zero-order valence-electron chi connectivity index (χ0n) is 18.7. The van der Waals surface area contributed by atoms with E-state index in [1.807, 2.05) is 0 Å². The van der Waals surface area contributed by atoms with Crippen molar-refractivity contribution in [1.82, 2.24) is 15.1 Å². The number of alkyl halides is 6. The first kappa shape index (κ1) is 26.5. The monoisotopic (exact) mass is 503 g/mol. The van der Waals surface area contributed by atoms with Crippen LogP contribution >= 0.6 is 0 Å². The summed E-state index contributed by atoms with van der Waals surface area (Å²) in [5, 5.41) is 26.4. The van der Waals surface area contributed by atoms with Crippen LogP contribution in [0.1, 0.15) is 47.7 Å². The zero-order valence-corrected chi connectivity index (χ0v) is 18.7. The summed E-state index contributed by atoms with van der Waals surface area (Å²) in [6.45, 7) is 1.64. The Hall–Kier alpha value is -3.12.